The van der Waals surface area contributed by atoms with Crippen molar-refractivity contribution < 1.29 is 0 Å². The summed E-state index contributed by atoms with van der Waals surface area (Å²) in [5.74, 6) is 1.94. The smallest absolute Gasteiger partial charge is 0.194 e. The Bertz CT molecular complexity index is 735. The van der Waals surface area contributed by atoms with Gasteiger partial charge in [-0.2, -0.15) is 0 Å². The minimum atomic E-state index is 0.750. The topological polar surface area (TPSA) is 47.0 Å². The molecule has 2 heterocycles. The lowest BCUT2D eigenvalue weighted by Gasteiger charge is -2.36. The molecule has 0 amide bonds. The molecule has 0 bridgehead atoms. The third-order valence-electron chi connectivity index (χ3n) is 4.85. The molecule has 0 aliphatic carbocycles. The van der Waals surface area contributed by atoms with Crippen LogP contribution in [0.1, 0.15) is 11.1 Å². The molecule has 6 nitrogen and oxygen atoms in total. The number of benzene rings is 1. The van der Waals surface area contributed by atoms with Gasteiger partial charge < -0.3 is 15.1 Å². The minimum Gasteiger partial charge on any atom is -0.363 e. The van der Waals surface area contributed by atoms with Crippen LogP contribution in [-0.4, -0.2) is 68.1 Å². The summed E-state index contributed by atoms with van der Waals surface area (Å²) in [5.41, 5.74) is 2.58. The summed E-state index contributed by atoms with van der Waals surface area (Å²) in [6.45, 7) is 5.86. The lowest BCUT2D eigenvalue weighted by molar-refractivity contribution is 0.172. The molecule has 0 unspecified atom stereocenters. The van der Waals surface area contributed by atoms with E-state index in [1.54, 1.807) is 0 Å². The summed E-state index contributed by atoms with van der Waals surface area (Å²) >= 11 is 0. The predicted molar refractivity (Wildman–Crippen MR) is 112 cm³/mol. The van der Waals surface area contributed by atoms with E-state index in [4.69, 9.17) is 0 Å². The third kappa shape index (κ3) is 5.44. The van der Waals surface area contributed by atoms with Crippen LogP contribution in [0, 0.1) is 0 Å². The fraction of sp³-hybridized carbons (Fsp3) is 0.429. The van der Waals surface area contributed by atoms with Crippen LogP contribution in [0.15, 0.2) is 53.7 Å². The van der Waals surface area contributed by atoms with E-state index < -0.39 is 0 Å². The van der Waals surface area contributed by atoms with Crippen molar-refractivity contribution in [2.75, 3.05) is 52.2 Å². The number of aliphatic imine (C=N–C) groups is 1. The summed E-state index contributed by atoms with van der Waals surface area (Å²) in [7, 11) is 5.87. The Morgan fingerprint density at radius 3 is 2.48 bits per heavy atom. The maximum atomic E-state index is 4.48. The molecule has 3 rings (SSSR count). The maximum Gasteiger partial charge on any atom is 0.194 e. The molecule has 144 valence electrons. The zero-order chi connectivity index (χ0) is 19.1. The number of nitrogens with zero attached hydrogens (tertiary/aromatic N) is 5. The van der Waals surface area contributed by atoms with E-state index in [1.807, 2.05) is 38.3 Å². The zero-order valence-corrected chi connectivity index (χ0v) is 16.6. The van der Waals surface area contributed by atoms with Gasteiger partial charge in [0.25, 0.3) is 0 Å². The Morgan fingerprint density at radius 1 is 1.07 bits per heavy atom. The van der Waals surface area contributed by atoms with E-state index in [-0.39, 0.29) is 0 Å². The summed E-state index contributed by atoms with van der Waals surface area (Å²) in [5, 5.41) is 3.50. The van der Waals surface area contributed by atoms with Crippen molar-refractivity contribution in [2.24, 2.45) is 4.99 Å². The molecule has 1 aromatic carbocycles. The predicted octanol–water partition coefficient (Wildman–Crippen LogP) is 2.04. The monoisotopic (exact) mass is 366 g/mol. The molecular weight excluding hydrogens is 336 g/mol. The quantitative estimate of drug-likeness (QED) is 0.648. The van der Waals surface area contributed by atoms with Crippen molar-refractivity contribution in [3.05, 3.63) is 59.8 Å². The third-order valence-corrected chi connectivity index (χ3v) is 4.85. The van der Waals surface area contributed by atoms with E-state index in [0.29, 0.717) is 0 Å². The van der Waals surface area contributed by atoms with Crippen LogP contribution < -0.4 is 10.2 Å². The molecule has 6 heteroatoms. The Morgan fingerprint density at radius 2 is 1.81 bits per heavy atom. The first-order valence-electron chi connectivity index (χ1n) is 9.50. The van der Waals surface area contributed by atoms with Gasteiger partial charge in [0, 0.05) is 66.6 Å². The number of hydrogen-bond donors (Lipinski definition) is 1. The van der Waals surface area contributed by atoms with Crippen molar-refractivity contribution in [1.82, 2.24) is 20.1 Å². The van der Waals surface area contributed by atoms with Gasteiger partial charge in [-0.3, -0.25) is 9.89 Å². The van der Waals surface area contributed by atoms with Crippen LogP contribution >= 0.6 is 0 Å². The second kappa shape index (κ2) is 9.37. The molecule has 1 aliphatic rings. The van der Waals surface area contributed by atoms with Crippen molar-refractivity contribution in [1.29, 1.82) is 0 Å². The number of nitrogens with one attached hydrogen (secondary N) is 1. The molecule has 1 aromatic heterocycles. The van der Waals surface area contributed by atoms with Crippen molar-refractivity contribution in [2.45, 2.75) is 13.1 Å². The van der Waals surface area contributed by atoms with E-state index in [9.17, 15) is 0 Å². The average Bonchev–Trinajstić information content (AvgIpc) is 2.70. The summed E-state index contributed by atoms with van der Waals surface area (Å²) in [6.07, 6.45) is 1.86. The van der Waals surface area contributed by atoms with Crippen LogP contribution in [0.3, 0.4) is 0 Å². The first-order chi connectivity index (χ1) is 13.2. The molecule has 1 saturated heterocycles. The zero-order valence-electron chi connectivity index (χ0n) is 16.6. The molecule has 0 radical (unpaired) electrons. The lowest BCUT2D eigenvalue weighted by Crippen LogP contribution is -2.52. The summed E-state index contributed by atoms with van der Waals surface area (Å²) in [6, 6.07) is 14.8. The highest BCUT2D eigenvalue weighted by Crippen LogP contribution is 2.11. The first-order valence-corrected chi connectivity index (χ1v) is 9.50. The second-order valence-corrected chi connectivity index (χ2v) is 7.07. The normalized spacial score (nSPS) is 15.7. The average molecular weight is 367 g/mol. The molecule has 0 atom stereocenters. The molecule has 0 spiro atoms. The van der Waals surface area contributed by atoms with Crippen LogP contribution in [0.5, 0.6) is 0 Å². The molecule has 0 saturated carbocycles. The molecule has 1 aliphatic heterocycles. The Labute approximate surface area is 162 Å². The van der Waals surface area contributed by atoms with Gasteiger partial charge in [-0.05, 0) is 23.3 Å². The number of piperazine rings is 1. The number of anilines is 1. The highest BCUT2D eigenvalue weighted by atomic mass is 15.3. The Hall–Kier alpha value is -2.60. The number of rotatable bonds is 5. The highest BCUT2D eigenvalue weighted by molar-refractivity contribution is 5.80. The highest BCUT2D eigenvalue weighted by Gasteiger charge is 2.19. The van der Waals surface area contributed by atoms with Crippen LogP contribution in [0.4, 0.5) is 5.82 Å². The van der Waals surface area contributed by atoms with Crippen LogP contribution in [0.25, 0.3) is 0 Å². The van der Waals surface area contributed by atoms with E-state index in [2.05, 4.69) is 61.5 Å². The van der Waals surface area contributed by atoms with Gasteiger partial charge in [0.1, 0.15) is 5.82 Å². The SMILES string of the molecule is CN=C(NCc1ccnc(N(C)C)c1)N1CCN(Cc2ccccc2)CC1. The molecule has 1 N–H and O–H groups in total. The van der Waals surface area contributed by atoms with Crippen molar-refractivity contribution in [3.8, 4) is 0 Å². The van der Waals surface area contributed by atoms with Gasteiger partial charge in [-0.1, -0.05) is 30.3 Å². The largest absolute Gasteiger partial charge is 0.363 e. The number of hydrogen-bond acceptors (Lipinski definition) is 4. The van der Waals surface area contributed by atoms with Gasteiger partial charge in [0.2, 0.25) is 0 Å². The number of aromatic nitrogens is 1. The van der Waals surface area contributed by atoms with E-state index in [0.717, 1.165) is 51.0 Å². The summed E-state index contributed by atoms with van der Waals surface area (Å²) < 4.78 is 0. The van der Waals surface area contributed by atoms with Crippen molar-refractivity contribution >= 4 is 11.8 Å². The van der Waals surface area contributed by atoms with Gasteiger partial charge >= 0.3 is 0 Å². The second-order valence-electron chi connectivity index (χ2n) is 7.07. The van der Waals surface area contributed by atoms with Crippen molar-refractivity contribution in [3.63, 3.8) is 0 Å². The van der Waals surface area contributed by atoms with E-state index >= 15 is 0 Å². The molecule has 2 aromatic rings. The standard InChI is InChI=1S/C21H30N6/c1-22-21(24-16-19-9-10-23-20(15-19)25(2)3)27-13-11-26(12-14-27)17-18-7-5-4-6-8-18/h4-10,15H,11-14,16-17H2,1-3H3,(H,22,24). The number of guanidine groups is 1. The lowest BCUT2D eigenvalue weighted by atomic mass is 10.2. The molecule has 27 heavy (non-hydrogen) atoms. The van der Waals surface area contributed by atoms with Crippen LogP contribution in [0.2, 0.25) is 0 Å². The van der Waals surface area contributed by atoms with Gasteiger partial charge in [-0.15, -0.1) is 0 Å². The van der Waals surface area contributed by atoms with Gasteiger partial charge in [0.05, 0.1) is 0 Å². The maximum absolute atomic E-state index is 4.48. The molecular formula is C21H30N6. The number of pyridine rings is 1. The Kier molecular flexibility index (Phi) is 6.65. The summed E-state index contributed by atoms with van der Waals surface area (Å²) in [4.78, 5) is 15.7. The Balaban J connectivity index is 1.50. The first kappa shape index (κ1) is 19.2. The van der Waals surface area contributed by atoms with Gasteiger partial charge in [-0.25, -0.2) is 4.98 Å². The molecule has 1 fully saturated rings. The van der Waals surface area contributed by atoms with E-state index in [1.165, 1.54) is 11.1 Å². The minimum absolute atomic E-state index is 0.750. The fourth-order valence-electron chi connectivity index (χ4n) is 3.29. The fourth-order valence-corrected chi connectivity index (χ4v) is 3.29. The van der Waals surface area contributed by atoms with Crippen LogP contribution in [-0.2, 0) is 13.1 Å². The van der Waals surface area contributed by atoms with Gasteiger partial charge in [0.15, 0.2) is 5.96 Å².